The smallest absolute Gasteiger partial charge is 0.318 e. The molecule has 1 aromatic carbocycles. The summed E-state index contributed by atoms with van der Waals surface area (Å²) in [7, 11) is 0. The van der Waals surface area contributed by atoms with Gasteiger partial charge in [0.1, 0.15) is 5.57 Å². The molecular weight excluding hydrogens is 342 g/mol. The summed E-state index contributed by atoms with van der Waals surface area (Å²) in [6.07, 6.45) is 1.56. The van der Waals surface area contributed by atoms with Gasteiger partial charge >= 0.3 is 6.03 Å². The van der Waals surface area contributed by atoms with Crippen LogP contribution in [0, 0.1) is 27.7 Å². The first kappa shape index (κ1) is 18.6. The van der Waals surface area contributed by atoms with E-state index in [4.69, 9.17) is 0 Å². The number of amides is 4. The van der Waals surface area contributed by atoms with Crippen LogP contribution in [0.15, 0.2) is 29.8 Å². The number of benzene rings is 1. The summed E-state index contributed by atoms with van der Waals surface area (Å²) in [6, 6.07) is 7.57. The molecule has 3 rings (SSSR count). The average Bonchev–Trinajstić information content (AvgIpc) is 2.84. The predicted molar refractivity (Wildman–Crippen MR) is 104 cm³/mol. The van der Waals surface area contributed by atoms with E-state index in [1.807, 2.05) is 19.9 Å². The molecule has 1 aliphatic heterocycles. The fraction of sp³-hybridized carbons (Fsp3) is 0.286. The van der Waals surface area contributed by atoms with Crippen molar-refractivity contribution in [3.05, 3.63) is 57.9 Å². The number of carbonyl (C=O) groups excluding carboxylic acids is 3. The van der Waals surface area contributed by atoms with Crippen molar-refractivity contribution in [1.29, 1.82) is 0 Å². The molecule has 1 aliphatic rings. The Hall–Kier alpha value is -3.15. The van der Waals surface area contributed by atoms with E-state index in [1.165, 1.54) is 0 Å². The summed E-state index contributed by atoms with van der Waals surface area (Å²) in [6.45, 7) is 9.93. The third-order valence-electron chi connectivity index (χ3n) is 4.74. The average molecular weight is 365 g/mol. The van der Waals surface area contributed by atoms with Crippen LogP contribution in [0.2, 0.25) is 0 Å². The second-order valence-corrected chi connectivity index (χ2v) is 6.87. The Labute approximate surface area is 158 Å². The maximum atomic E-state index is 12.5. The Balaban J connectivity index is 2.09. The number of urea groups is 1. The van der Waals surface area contributed by atoms with Gasteiger partial charge in [-0.2, -0.15) is 0 Å². The minimum Gasteiger partial charge on any atom is -0.318 e. The van der Waals surface area contributed by atoms with Gasteiger partial charge in [-0.05, 0) is 75.6 Å². The molecule has 4 amide bonds. The number of nitrogens with zero attached hydrogens (tertiary/aromatic N) is 2. The van der Waals surface area contributed by atoms with Gasteiger partial charge < -0.3 is 4.57 Å². The summed E-state index contributed by atoms with van der Waals surface area (Å²) in [5.41, 5.74) is 6.03. The van der Waals surface area contributed by atoms with Gasteiger partial charge in [0.05, 0.1) is 0 Å². The number of hydrogen-bond acceptors (Lipinski definition) is 3. The van der Waals surface area contributed by atoms with Crippen LogP contribution in [0.5, 0.6) is 0 Å². The minimum atomic E-state index is -0.676. The van der Waals surface area contributed by atoms with Crippen LogP contribution >= 0.6 is 0 Å². The summed E-state index contributed by atoms with van der Waals surface area (Å²) in [4.78, 5) is 37.5. The fourth-order valence-electron chi connectivity index (χ4n) is 3.55. The van der Waals surface area contributed by atoms with Gasteiger partial charge in [0, 0.05) is 23.6 Å². The van der Waals surface area contributed by atoms with Gasteiger partial charge in [0.15, 0.2) is 0 Å². The van der Waals surface area contributed by atoms with E-state index in [0.29, 0.717) is 0 Å². The molecule has 0 unspecified atom stereocenters. The zero-order chi connectivity index (χ0) is 19.9. The number of nitrogens with one attached hydrogen (secondary N) is 1. The molecule has 6 heteroatoms. The fourth-order valence-corrected chi connectivity index (χ4v) is 3.55. The quantitative estimate of drug-likeness (QED) is 0.671. The van der Waals surface area contributed by atoms with Crippen molar-refractivity contribution in [2.75, 3.05) is 6.54 Å². The van der Waals surface area contributed by atoms with Gasteiger partial charge in [-0.25, -0.2) is 4.79 Å². The minimum absolute atomic E-state index is 0.0304. The summed E-state index contributed by atoms with van der Waals surface area (Å²) in [5.74, 6) is -1.23. The van der Waals surface area contributed by atoms with E-state index in [0.717, 1.165) is 38.7 Å². The molecule has 0 bridgehead atoms. The molecule has 27 heavy (non-hydrogen) atoms. The zero-order valence-corrected chi connectivity index (χ0v) is 16.2. The Morgan fingerprint density at radius 1 is 0.963 bits per heavy atom. The molecule has 1 aromatic heterocycles. The molecule has 0 aliphatic carbocycles. The summed E-state index contributed by atoms with van der Waals surface area (Å²) in [5, 5.41) is 2.22. The summed E-state index contributed by atoms with van der Waals surface area (Å²) < 4.78 is 2.10. The van der Waals surface area contributed by atoms with Gasteiger partial charge in [0.25, 0.3) is 11.8 Å². The molecule has 140 valence electrons. The van der Waals surface area contributed by atoms with Crippen molar-refractivity contribution in [1.82, 2.24) is 14.8 Å². The molecular formula is C21H23N3O3. The largest absolute Gasteiger partial charge is 0.331 e. The van der Waals surface area contributed by atoms with Crippen molar-refractivity contribution < 1.29 is 14.4 Å². The lowest BCUT2D eigenvalue weighted by atomic mass is 10.1. The lowest BCUT2D eigenvalue weighted by molar-refractivity contribution is -0.129. The topological polar surface area (TPSA) is 71.4 Å². The van der Waals surface area contributed by atoms with E-state index in [2.05, 4.69) is 41.9 Å². The van der Waals surface area contributed by atoms with E-state index in [9.17, 15) is 14.4 Å². The van der Waals surface area contributed by atoms with Crippen LogP contribution in [0.3, 0.4) is 0 Å². The molecule has 0 spiro atoms. The number of imide groups is 2. The highest BCUT2D eigenvalue weighted by Gasteiger charge is 2.34. The van der Waals surface area contributed by atoms with Crippen LogP contribution in [0.4, 0.5) is 4.79 Å². The van der Waals surface area contributed by atoms with Crippen molar-refractivity contribution in [2.45, 2.75) is 34.6 Å². The number of likely N-dealkylation sites (N-methyl/N-ethyl adjacent to an activating group) is 1. The van der Waals surface area contributed by atoms with Crippen LogP contribution in [0.1, 0.15) is 35.0 Å². The van der Waals surface area contributed by atoms with E-state index >= 15 is 0 Å². The third-order valence-corrected chi connectivity index (χ3v) is 4.74. The Kier molecular flexibility index (Phi) is 4.74. The highest BCUT2D eigenvalue weighted by molar-refractivity contribution is 6.31. The number of barbiturate groups is 1. The number of hydrogen-bond donors (Lipinski definition) is 1. The van der Waals surface area contributed by atoms with Crippen LogP contribution in [-0.2, 0) is 9.59 Å². The molecule has 2 heterocycles. The molecule has 0 saturated carbocycles. The van der Waals surface area contributed by atoms with Gasteiger partial charge in [-0.15, -0.1) is 0 Å². The van der Waals surface area contributed by atoms with Gasteiger partial charge in [0.2, 0.25) is 0 Å². The van der Waals surface area contributed by atoms with Crippen LogP contribution < -0.4 is 5.32 Å². The van der Waals surface area contributed by atoms with Gasteiger partial charge in [-0.3, -0.25) is 19.8 Å². The molecule has 1 saturated heterocycles. The molecule has 1 N–H and O–H groups in total. The van der Waals surface area contributed by atoms with Crippen LogP contribution in [0.25, 0.3) is 11.8 Å². The molecule has 6 nitrogen and oxygen atoms in total. The molecule has 1 fully saturated rings. The first-order valence-electron chi connectivity index (χ1n) is 8.89. The lowest BCUT2D eigenvalue weighted by Crippen LogP contribution is -2.53. The van der Waals surface area contributed by atoms with Crippen molar-refractivity contribution in [2.24, 2.45) is 0 Å². The Bertz CT molecular complexity index is 978. The standard InChI is InChI=1S/C21H23N3O3/c1-6-23-20(26)18(19(25)22-21(23)27)11-16-10-14(4)24(15(16)5)17-8-12(2)7-13(3)9-17/h7-11H,6H2,1-5H3,(H,22,25,27)/b18-11+. The normalized spacial score (nSPS) is 16.3. The predicted octanol–water partition coefficient (Wildman–Crippen LogP) is 3.19. The monoisotopic (exact) mass is 365 g/mol. The van der Waals surface area contributed by atoms with Crippen molar-refractivity contribution >= 4 is 23.9 Å². The van der Waals surface area contributed by atoms with Gasteiger partial charge in [-0.1, -0.05) is 6.07 Å². The zero-order valence-electron chi connectivity index (χ0n) is 16.2. The van der Waals surface area contributed by atoms with Crippen LogP contribution in [-0.4, -0.2) is 33.9 Å². The summed E-state index contributed by atoms with van der Waals surface area (Å²) >= 11 is 0. The lowest BCUT2D eigenvalue weighted by Gasteiger charge is -2.24. The maximum absolute atomic E-state index is 12.5. The first-order valence-corrected chi connectivity index (χ1v) is 8.89. The van der Waals surface area contributed by atoms with Crippen molar-refractivity contribution in [3.63, 3.8) is 0 Å². The Morgan fingerprint density at radius 2 is 1.59 bits per heavy atom. The number of aryl methyl sites for hydroxylation is 3. The number of aromatic nitrogens is 1. The number of carbonyl (C=O) groups is 3. The second kappa shape index (κ2) is 6.87. The third kappa shape index (κ3) is 3.30. The molecule has 0 radical (unpaired) electrons. The van der Waals surface area contributed by atoms with Crippen molar-refractivity contribution in [3.8, 4) is 5.69 Å². The van der Waals surface area contributed by atoms with E-state index < -0.39 is 17.8 Å². The Morgan fingerprint density at radius 3 is 2.19 bits per heavy atom. The second-order valence-electron chi connectivity index (χ2n) is 6.87. The SMILES string of the molecule is CCN1C(=O)NC(=O)/C(=C\c2cc(C)n(-c3cc(C)cc(C)c3)c2C)C1=O. The number of rotatable bonds is 3. The van der Waals surface area contributed by atoms with E-state index in [-0.39, 0.29) is 12.1 Å². The molecule has 0 atom stereocenters. The molecule has 2 aromatic rings. The maximum Gasteiger partial charge on any atom is 0.331 e. The van der Waals surface area contributed by atoms with E-state index in [1.54, 1.807) is 13.0 Å². The highest BCUT2D eigenvalue weighted by atomic mass is 16.2. The first-order chi connectivity index (χ1) is 12.7. The highest BCUT2D eigenvalue weighted by Crippen LogP contribution is 2.25.